The molecule has 2 nitrogen and oxygen atoms in total. The van der Waals surface area contributed by atoms with Gasteiger partial charge in [0.2, 0.25) is 0 Å². The number of hydrogen-bond donors (Lipinski definition) is 1. The van der Waals surface area contributed by atoms with Gasteiger partial charge in [0.25, 0.3) is 0 Å². The highest BCUT2D eigenvalue weighted by molar-refractivity contribution is 14.1. The van der Waals surface area contributed by atoms with Gasteiger partial charge < -0.3 is 10.2 Å². The van der Waals surface area contributed by atoms with Crippen LogP contribution in [0.3, 0.4) is 0 Å². The first-order valence-corrected chi connectivity index (χ1v) is 7.49. The molecule has 1 aliphatic heterocycles. The van der Waals surface area contributed by atoms with E-state index in [2.05, 4.69) is 70.9 Å². The van der Waals surface area contributed by atoms with Crippen LogP contribution in [-0.2, 0) is 0 Å². The summed E-state index contributed by atoms with van der Waals surface area (Å²) in [7, 11) is 0. The van der Waals surface area contributed by atoms with Crippen molar-refractivity contribution in [2.24, 2.45) is 0 Å². The van der Waals surface area contributed by atoms with Crippen LogP contribution in [0.15, 0.2) is 24.3 Å². The van der Waals surface area contributed by atoms with E-state index in [4.69, 9.17) is 0 Å². The molecule has 1 aromatic rings. The fourth-order valence-electron chi connectivity index (χ4n) is 2.37. The minimum Gasteiger partial charge on any atom is -0.382 e. The Labute approximate surface area is 118 Å². The van der Waals surface area contributed by atoms with Crippen molar-refractivity contribution in [2.75, 3.05) is 18.4 Å². The number of benzene rings is 1. The zero-order chi connectivity index (χ0) is 12.3. The molecule has 0 spiro atoms. The predicted octanol–water partition coefficient (Wildman–Crippen LogP) is 3.58. The first-order valence-electron chi connectivity index (χ1n) is 6.41. The van der Waals surface area contributed by atoms with Crippen LogP contribution >= 0.6 is 22.6 Å². The molecule has 3 heteroatoms. The third-order valence-electron chi connectivity index (χ3n) is 3.46. The first kappa shape index (κ1) is 13.1. The number of likely N-dealkylation sites (tertiary alicyclic amines) is 1. The summed E-state index contributed by atoms with van der Waals surface area (Å²) in [5.41, 5.74) is 1.26. The third-order valence-corrected chi connectivity index (χ3v) is 4.13. The number of hydrogen-bond acceptors (Lipinski definition) is 2. The molecular weight excluding hydrogens is 323 g/mol. The largest absolute Gasteiger partial charge is 0.382 e. The Morgan fingerprint density at radius 2 is 2.00 bits per heavy atom. The third kappa shape index (κ3) is 3.85. The number of rotatable bonds is 3. The Bertz CT molecular complexity index is 357. The first-order chi connectivity index (χ1) is 8.15. The zero-order valence-corrected chi connectivity index (χ0v) is 12.8. The molecule has 0 bridgehead atoms. The smallest absolute Gasteiger partial charge is 0.0352 e. The molecule has 0 radical (unpaired) electrons. The van der Waals surface area contributed by atoms with E-state index >= 15 is 0 Å². The van der Waals surface area contributed by atoms with Gasteiger partial charge in [-0.1, -0.05) is 6.07 Å². The summed E-state index contributed by atoms with van der Waals surface area (Å²) >= 11 is 2.36. The average molecular weight is 344 g/mol. The molecule has 17 heavy (non-hydrogen) atoms. The summed E-state index contributed by atoms with van der Waals surface area (Å²) in [6.45, 7) is 7.01. The number of nitrogens with zero attached hydrogens (tertiary/aromatic N) is 1. The number of piperidine rings is 1. The van der Waals surface area contributed by atoms with E-state index < -0.39 is 0 Å². The van der Waals surface area contributed by atoms with E-state index in [-0.39, 0.29) is 0 Å². The lowest BCUT2D eigenvalue weighted by atomic mass is 10.0. The molecule has 1 aliphatic rings. The van der Waals surface area contributed by atoms with E-state index in [1.165, 1.54) is 35.2 Å². The maximum atomic E-state index is 3.65. The van der Waals surface area contributed by atoms with Crippen LogP contribution in [0.25, 0.3) is 0 Å². The zero-order valence-electron chi connectivity index (χ0n) is 10.6. The van der Waals surface area contributed by atoms with Crippen molar-refractivity contribution in [1.82, 2.24) is 4.90 Å². The van der Waals surface area contributed by atoms with Gasteiger partial charge in [-0.2, -0.15) is 0 Å². The van der Waals surface area contributed by atoms with Gasteiger partial charge in [-0.15, -0.1) is 0 Å². The summed E-state index contributed by atoms with van der Waals surface area (Å²) in [5, 5.41) is 3.65. The summed E-state index contributed by atoms with van der Waals surface area (Å²) in [4.78, 5) is 2.56. The van der Waals surface area contributed by atoms with Gasteiger partial charge >= 0.3 is 0 Å². The maximum Gasteiger partial charge on any atom is 0.0352 e. The number of anilines is 1. The van der Waals surface area contributed by atoms with Gasteiger partial charge in [0, 0.05) is 34.4 Å². The Balaban J connectivity index is 1.86. The number of halogens is 1. The van der Waals surface area contributed by atoms with Crippen molar-refractivity contribution >= 4 is 28.3 Å². The van der Waals surface area contributed by atoms with Gasteiger partial charge in [-0.05, 0) is 67.5 Å². The summed E-state index contributed by atoms with van der Waals surface area (Å²) in [6.07, 6.45) is 2.51. The van der Waals surface area contributed by atoms with Crippen molar-refractivity contribution in [3.63, 3.8) is 0 Å². The second kappa shape index (κ2) is 6.05. The average Bonchev–Trinajstić information content (AvgIpc) is 2.29. The summed E-state index contributed by atoms with van der Waals surface area (Å²) in [5.74, 6) is 0. The molecule has 0 atom stereocenters. The molecule has 1 N–H and O–H groups in total. The Kier molecular flexibility index (Phi) is 4.68. The minimum atomic E-state index is 0.642. The van der Waals surface area contributed by atoms with Gasteiger partial charge in [0.1, 0.15) is 0 Å². The molecule has 1 fully saturated rings. The lowest BCUT2D eigenvalue weighted by Gasteiger charge is -2.35. The monoisotopic (exact) mass is 344 g/mol. The van der Waals surface area contributed by atoms with Crippen molar-refractivity contribution in [2.45, 2.75) is 38.8 Å². The molecule has 1 heterocycles. The molecule has 1 aromatic carbocycles. The second-order valence-corrected chi connectivity index (χ2v) is 6.30. The molecule has 0 aromatic heterocycles. The van der Waals surface area contributed by atoms with E-state index in [0.717, 1.165) is 0 Å². The molecule has 1 saturated heterocycles. The van der Waals surface area contributed by atoms with Crippen LogP contribution in [0, 0.1) is 3.57 Å². The minimum absolute atomic E-state index is 0.642. The van der Waals surface area contributed by atoms with Gasteiger partial charge in [-0.25, -0.2) is 0 Å². The van der Waals surface area contributed by atoms with E-state index in [0.29, 0.717) is 12.1 Å². The SMILES string of the molecule is CC(C)N1CCC(Nc2cccc(I)c2)CC1. The Morgan fingerprint density at radius 1 is 1.29 bits per heavy atom. The van der Waals surface area contributed by atoms with Crippen LogP contribution in [-0.4, -0.2) is 30.1 Å². The Hall–Kier alpha value is -0.290. The molecular formula is C14H21IN2. The van der Waals surface area contributed by atoms with Crippen molar-refractivity contribution in [3.8, 4) is 0 Å². The topological polar surface area (TPSA) is 15.3 Å². The van der Waals surface area contributed by atoms with E-state index in [1.807, 2.05) is 0 Å². The van der Waals surface area contributed by atoms with Crippen molar-refractivity contribution < 1.29 is 0 Å². The normalized spacial score (nSPS) is 18.6. The number of nitrogens with one attached hydrogen (secondary N) is 1. The van der Waals surface area contributed by atoms with Crippen molar-refractivity contribution in [1.29, 1.82) is 0 Å². The fraction of sp³-hybridized carbons (Fsp3) is 0.571. The van der Waals surface area contributed by atoms with Gasteiger partial charge in [-0.3, -0.25) is 0 Å². The predicted molar refractivity (Wildman–Crippen MR) is 82.5 cm³/mol. The van der Waals surface area contributed by atoms with Crippen molar-refractivity contribution in [3.05, 3.63) is 27.8 Å². The highest BCUT2D eigenvalue weighted by Crippen LogP contribution is 2.19. The van der Waals surface area contributed by atoms with Crippen LogP contribution in [0.2, 0.25) is 0 Å². The van der Waals surface area contributed by atoms with E-state index in [9.17, 15) is 0 Å². The van der Waals surface area contributed by atoms with E-state index in [1.54, 1.807) is 0 Å². The van der Waals surface area contributed by atoms with Crippen LogP contribution in [0.1, 0.15) is 26.7 Å². The fourth-order valence-corrected chi connectivity index (χ4v) is 2.92. The molecule has 94 valence electrons. The molecule has 2 rings (SSSR count). The highest BCUT2D eigenvalue weighted by atomic mass is 127. The molecule has 0 saturated carbocycles. The highest BCUT2D eigenvalue weighted by Gasteiger charge is 2.20. The molecule has 0 aliphatic carbocycles. The lowest BCUT2D eigenvalue weighted by molar-refractivity contribution is 0.177. The standard InChI is InChI=1S/C14H21IN2/c1-11(2)17-8-6-13(7-9-17)16-14-5-3-4-12(15)10-14/h3-5,10-11,13,16H,6-9H2,1-2H3. The maximum absolute atomic E-state index is 3.65. The van der Waals surface area contributed by atoms with Crippen LogP contribution in [0.4, 0.5) is 5.69 Å². The molecule has 0 amide bonds. The second-order valence-electron chi connectivity index (χ2n) is 5.06. The van der Waals surface area contributed by atoms with Gasteiger partial charge in [0.05, 0.1) is 0 Å². The summed E-state index contributed by atoms with van der Waals surface area (Å²) < 4.78 is 1.30. The quantitative estimate of drug-likeness (QED) is 0.844. The lowest BCUT2D eigenvalue weighted by Crippen LogP contribution is -2.42. The molecule has 0 unspecified atom stereocenters. The van der Waals surface area contributed by atoms with Crippen LogP contribution < -0.4 is 5.32 Å². The summed E-state index contributed by atoms with van der Waals surface area (Å²) in [6, 6.07) is 9.96. The Morgan fingerprint density at radius 3 is 2.59 bits per heavy atom. The van der Waals surface area contributed by atoms with Crippen LogP contribution in [0.5, 0.6) is 0 Å². The van der Waals surface area contributed by atoms with Gasteiger partial charge in [0.15, 0.2) is 0 Å².